The van der Waals surface area contributed by atoms with E-state index in [9.17, 15) is 18.4 Å². The summed E-state index contributed by atoms with van der Waals surface area (Å²) in [7, 11) is 1.32. The Morgan fingerprint density at radius 3 is 2.68 bits per heavy atom. The van der Waals surface area contributed by atoms with Gasteiger partial charge in [-0.2, -0.15) is 5.10 Å². The molecule has 1 aliphatic rings. The Bertz CT molecular complexity index is 523. The fourth-order valence-corrected chi connectivity index (χ4v) is 1.84. The van der Waals surface area contributed by atoms with Gasteiger partial charge in [0.1, 0.15) is 5.69 Å². The first-order valence-corrected chi connectivity index (χ1v) is 5.69. The van der Waals surface area contributed by atoms with E-state index in [0.717, 1.165) is 10.9 Å². The van der Waals surface area contributed by atoms with Gasteiger partial charge in [0.25, 0.3) is 12.3 Å². The van der Waals surface area contributed by atoms with E-state index in [4.69, 9.17) is 5.11 Å². The van der Waals surface area contributed by atoms with Crippen molar-refractivity contribution in [3.63, 3.8) is 0 Å². The lowest BCUT2D eigenvalue weighted by molar-refractivity contribution is -0.143. The number of carboxylic acid groups (broad SMARTS) is 1. The van der Waals surface area contributed by atoms with Crippen molar-refractivity contribution in [2.75, 3.05) is 6.54 Å². The third-order valence-corrected chi connectivity index (χ3v) is 3.33. The molecule has 1 aliphatic carbocycles. The van der Waals surface area contributed by atoms with Gasteiger partial charge in [0.05, 0.1) is 17.2 Å². The molecule has 0 unspecified atom stereocenters. The first-order valence-electron chi connectivity index (χ1n) is 5.69. The second-order valence-electron chi connectivity index (χ2n) is 4.64. The quantitative estimate of drug-likeness (QED) is 0.836. The SMILES string of the molecule is Cn1ncc(C(=O)NCC2(C(=O)O)CC2)c1C(F)F. The number of rotatable bonds is 5. The van der Waals surface area contributed by atoms with E-state index >= 15 is 0 Å². The van der Waals surface area contributed by atoms with Crippen LogP contribution in [0.15, 0.2) is 6.20 Å². The van der Waals surface area contributed by atoms with Crippen LogP contribution in [0.5, 0.6) is 0 Å². The number of nitrogens with zero attached hydrogens (tertiary/aromatic N) is 2. The standard InChI is InChI=1S/C11H13F2N3O3/c1-16-7(8(12)13)6(4-15-16)9(17)14-5-11(2-3-11)10(18)19/h4,8H,2-3,5H2,1H3,(H,14,17)(H,18,19). The predicted molar refractivity (Wildman–Crippen MR) is 59.8 cm³/mol. The molecular weight excluding hydrogens is 260 g/mol. The molecule has 6 nitrogen and oxygen atoms in total. The van der Waals surface area contributed by atoms with Crippen LogP contribution >= 0.6 is 0 Å². The van der Waals surface area contributed by atoms with Crippen molar-refractivity contribution < 1.29 is 23.5 Å². The normalized spacial score (nSPS) is 16.4. The summed E-state index contributed by atoms with van der Waals surface area (Å²) in [6, 6.07) is 0. The van der Waals surface area contributed by atoms with E-state index in [1.807, 2.05) is 0 Å². The molecule has 1 saturated carbocycles. The molecule has 0 bridgehead atoms. The summed E-state index contributed by atoms with van der Waals surface area (Å²) in [5, 5.41) is 14.9. The zero-order chi connectivity index (χ0) is 14.2. The first kappa shape index (κ1) is 13.4. The lowest BCUT2D eigenvalue weighted by Crippen LogP contribution is -2.34. The van der Waals surface area contributed by atoms with Crippen LogP contribution in [0.1, 0.15) is 35.3 Å². The Kier molecular flexibility index (Phi) is 3.25. The van der Waals surface area contributed by atoms with Gasteiger partial charge < -0.3 is 10.4 Å². The summed E-state index contributed by atoms with van der Waals surface area (Å²) < 4.78 is 26.5. The smallest absolute Gasteiger partial charge is 0.311 e. The molecule has 2 N–H and O–H groups in total. The van der Waals surface area contributed by atoms with Crippen molar-refractivity contribution in [3.8, 4) is 0 Å². The van der Waals surface area contributed by atoms with Gasteiger partial charge in [-0.05, 0) is 12.8 Å². The molecule has 104 valence electrons. The van der Waals surface area contributed by atoms with E-state index in [1.54, 1.807) is 0 Å². The van der Waals surface area contributed by atoms with Crippen LogP contribution in [0.25, 0.3) is 0 Å². The van der Waals surface area contributed by atoms with Crippen LogP contribution in [0, 0.1) is 5.41 Å². The lowest BCUT2D eigenvalue weighted by Gasteiger charge is -2.11. The minimum atomic E-state index is -2.82. The van der Waals surface area contributed by atoms with Crippen molar-refractivity contribution in [1.29, 1.82) is 0 Å². The van der Waals surface area contributed by atoms with Crippen molar-refractivity contribution in [2.24, 2.45) is 12.5 Å². The van der Waals surface area contributed by atoms with E-state index in [-0.39, 0.29) is 12.1 Å². The lowest BCUT2D eigenvalue weighted by atomic mass is 10.1. The first-order chi connectivity index (χ1) is 8.87. The van der Waals surface area contributed by atoms with Crippen LogP contribution in [0.3, 0.4) is 0 Å². The summed E-state index contributed by atoms with van der Waals surface area (Å²) in [5.74, 6) is -1.70. The van der Waals surface area contributed by atoms with E-state index in [0.29, 0.717) is 12.8 Å². The van der Waals surface area contributed by atoms with Crippen LogP contribution in [-0.4, -0.2) is 33.3 Å². The van der Waals surface area contributed by atoms with Crippen molar-refractivity contribution in [1.82, 2.24) is 15.1 Å². The highest BCUT2D eigenvalue weighted by molar-refractivity contribution is 5.95. The Morgan fingerprint density at radius 2 is 2.21 bits per heavy atom. The minimum absolute atomic E-state index is 0.0568. The van der Waals surface area contributed by atoms with Crippen LogP contribution in [-0.2, 0) is 11.8 Å². The van der Waals surface area contributed by atoms with Gasteiger partial charge >= 0.3 is 5.97 Å². The molecule has 2 rings (SSSR count). The molecular formula is C11H13F2N3O3. The molecule has 0 aromatic carbocycles. The predicted octanol–water partition coefficient (Wildman–Crippen LogP) is 0.952. The number of hydrogen-bond donors (Lipinski definition) is 2. The second-order valence-corrected chi connectivity index (χ2v) is 4.64. The Balaban J connectivity index is 2.07. The number of nitrogens with one attached hydrogen (secondary N) is 1. The number of hydrogen-bond acceptors (Lipinski definition) is 3. The number of aromatic nitrogens is 2. The summed E-state index contributed by atoms with van der Waals surface area (Å²) >= 11 is 0. The van der Waals surface area contributed by atoms with Crippen LogP contribution in [0.2, 0.25) is 0 Å². The molecule has 0 radical (unpaired) electrons. The zero-order valence-electron chi connectivity index (χ0n) is 10.2. The van der Waals surface area contributed by atoms with E-state index < -0.39 is 29.4 Å². The molecule has 0 saturated heterocycles. The number of halogens is 2. The van der Waals surface area contributed by atoms with Gasteiger partial charge in [0.15, 0.2) is 0 Å². The van der Waals surface area contributed by atoms with Crippen molar-refractivity contribution in [2.45, 2.75) is 19.3 Å². The van der Waals surface area contributed by atoms with Gasteiger partial charge in [-0.25, -0.2) is 8.78 Å². The highest BCUT2D eigenvalue weighted by Crippen LogP contribution is 2.45. The maximum atomic E-state index is 12.8. The topological polar surface area (TPSA) is 84.2 Å². The average molecular weight is 273 g/mol. The highest BCUT2D eigenvalue weighted by Gasteiger charge is 2.50. The third kappa shape index (κ3) is 2.42. The third-order valence-electron chi connectivity index (χ3n) is 3.33. The monoisotopic (exact) mass is 273 g/mol. The van der Waals surface area contributed by atoms with Crippen molar-refractivity contribution in [3.05, 3.63) is 17.5 Å². The molecule has 1 fully saturated rings. The van der Waals surface area contributed by atoms with Gasteiger partial charge in [-0.15, -0.1) is 0 Å². The minimum Gasteiger partial charge on any atom is -0.481 e. The fourth-order valence-electron chi connectivity index (χ4n) is 1.84. The van der Waals surface area contributed by atoms with Gasteiger partial charge in [-0.1, -0.05) is 0 Å². The number of carbonyl (C=O) groups excluding carboxylic acids is 1. The molecule has 0 spiro atoms. The zero-order valence-corrected chi connectivity index (χ0v) is 10.2. The molecule has 0 aliphatic heterocycles. The van der Waals surface area contributed by atoms with E-state index in [2.05, 4.69) is 10.4 Å². The van der Waals surface area contributed by atoms with Crippen molar-refractivity contribution >= 4 is 11.9 Å². The highest BCUT2D eigenvalue weighted by atomic mass is 19.3. The number of alkyl halides is 2. The summed E-state index contributed by atoms with van der Waals surface area (Å²) in [6.45, 7) is -0.0568. The molecule has 19 heavy (non-hydrogen) atoms. The van der Waals surface area contributed by atoms with Gasteiger partial charge in [0.2, 0.25) is 0 Å². The molecule has 1 aromatic rings. The number of carboxylic acids is 1. The number of amides is 1. The maximum Gasteiger partial charge on any atom is 0.311 e. The Hall–Kier alpha value is -1.99. The van der Waals surface area contributed by atoms with Crippen LogP contribution in [0.4, 0.5) is 8.78 Å². The molecule has 1 aromatic heterocycles. The van der Waals surface area contributed by atoms with Gasteiger partial charge in [0, 0.05) is 13.6 Å². The molecule has 1 amide bonds. The average Bonchev–Trinajstić information content (AvgIpc) is 3.03. The van der Waals surface area contributed by atoms with E-state index in [1.165, 1.54) is 7.05 Å². The number of carbonyl (C=O) groups is 2. The van der Waals surface area contributed by atoms with Gasteiger partial charge in [-0.3, -0.25) is 14.3 Å². The molecule has 1 heterocycles. The summed E-state index contributed by atoms with van der Waals surface area (Å²) in [5.41, 5.74) is -1.63. The number of aryl methyl sites for hydroxylation is 1. The number of aliphatic carboxylic acids is 1. The maximum absolute atomic E-state index is 12.8. The second kappa shape index (κ2) is 4.60. The fraction of sp³-hybridized carbons (Fsp3) is 0.545. The Labute approximate surface area is 107 Å². The Morgan fingerprint density at radius 1 is 1.58 bits per heavy atom. The van der Waals surface area contributed by atoms with Crippen LogP contribution < -0.4 is 5.32 Å². The summed E-state index contributed by atoms with van der Waals surface area (Å²) in [4.78, 5) is 22.7. The molecule has 0 atom stereocenters. The largest absolute Gasteiger partial charge is 0.481 e. The molecule has 8 heteroatoms. The summed E-state index contributed by atoms with van der Waals surface area (Å²) in [6.07, 6.45) is -0.797.